The number of hydrogen-bond acceptors (Lipinski definition) is 6. The monoisotopic (exact) mass is 342 g/mol. The Hall–Kier alpha value is -2.42. The number of sulfone groups is 1. The molecule has 0 saturated carbocycles. The summed E-state index contributed by atoms with van der Waals surface area (Å²) in [7, 11) is -0.784. The van der Waals surface area contributed by atoms with Gasteiger partial charge in [-0.2, -0.15) is 0 Å². The van der Waals surface area contributed by atoms with Crippen molar-refractivity contribution in [3.8, 4) is 0 Å². The van der Waals surface area contributed by atoms with Gasteiger partial charge in [-0.15, -0.1) is 0 Å². The Morgan fingerprint density at radius 3 is 2.39 bits per heavy atom. The van der Waals surface area contributed by atoms with Crippen LogP contribution in [0.25, 0.3) is 0 Å². The van der Waals surface area contributed by atoms with Crippen molar-refractivity contribution < 1.29 is 27.5 Å². The predicted octanol–water partition coefficient (Wildman–Crippen LogP) is -0.549. The van der Waals surface area contributed by atoms with Crippen LogP contribution in [0.5, 0.6) is 0 Å². The van der Waals surface area contributed by atoms with Crippen LogP contribution in [0.2, 0.25) is 0 Å². The van der Waals surface area contributed by atoms with Gasteiger partial charge in [0.05, 0.1) is 17.0 Å². The highest BCUT2D eigenvalue weighted by Crippen LogP contribution is 2.16. The molecule has 0 spiro atoms. The number of carbonyl (C=O) groups excluding carboxylic acids is 3. The zero-order valence-corrected chi connectivity index (χ0v) is 13.8. The summed E-state index contributed by atoms with van der Waals surface area (Å²) in [6.07, 6.45) is 0.974. The van der Waals surface area contributed by atoms with Gasteiger partial charge in [0.15, 0.2) is 16.4 Å². The number of esters is 1. The van der Waals surface area contributed by atoms with Crippen molar-refractivity contribution in [3.05, 3.63) is 29.8 Å². The number of hydrogen-bond donors (Lipinski definition) is 1. The van der Waals surface area contributed by atoms with Gasteiger partial charge in [0.1, 0.15) is 0 Å². The summed E-state index contributed by atoms with van der Waals surface area (Å²) in [6.45, 7) is -0.767. The Morgan fingerprint density at radius 2 is 1.83 bits per heavy atom. The van der Waals surface area contributed by atoms with Crippen LogP contribution in [0.15, 0.2) is 29.2 Å². The minimum atomic E-state index is -3.60. The molecule has 1 aromatic carbocycles. The van der Waals surface area contributed by atoms with Crippen molar-refractivity contribution >= 4 is 27.6 Å². The smallest absolute Gasteiger partial charge is 0.339 e. The van der Waals surface area contributed by atoms with E-state index in [9.17, 15) is 22.8 Å². The van der Waals surface area contributed by atoms with Gasteiger partial charge in [-0.3, -0.25) is 9.59 Å². The van der Waals surface area contributed by atoms with Crippen LogP contribution in [-0.2, 0) is 24.2 Å². The molecule has 2 amide bonds. The van der Waals surface area contributed by atoms with Crippen LogP contribution < -0.4 is 5.32 Å². The minimum absolute atomic E-state index is 0.142. The van der Waals surface area contributed by atoms with E-state index in [0.717, 1.165) is 11.2 Å². The minimum Gasteiger partial charge on any atom is -0.452 e. The number of ether oxygens (including phenoxy) is 1. The van der Waals surface area contributed by atoms with Crippen molar-refractivity contribution in [1.29, 1.82) is 0 Å². The molecule has 126 valence electrons. The normalized spacial score (nSPS) is 10.7. The topological polar surface area (TPSA) is 110 Å². The van der Waals surface area contributed by atoms with Gasteiger partial charge in [0.25, 0.3) is 5.91 Å². The Labute approximate surface area is 134 Å². The molecule has 0 unspecified atom stereocenters. The van der Waals surface area contributed by atoms with Crippen molar-refractivity contribution in [2.45, 2.75) is 4.90 Å². The second kappa shape index (κ2) is 7.73. The van der Waals surface area contributed by atoms with E-state index in [1.54, 1.807) is 0 Å². The molecule has 8 nitrogen and oxygen atoms in total. The standard InChI is InChI=1S/C14H18N2O6S/c1-15-12(17)8-16(2)13(18)9-22-14(19)10-6-4-5-7-11(10)23(3,20)21/h4-7H,8-9H2,1-3H3,(H,15,17). The number of rotatable bonds is 6. The number of nitrogens with zero attached hydrogens (tertiary/aromatic N) is 1. The molecule has 0 saturated heterocycles. The molecule has 23 heavy (non-hydrogen) atoms. The van der Waals surface area contributed by atoms with E-state index >= 15 is 0 Å². The third-order valence-electron chi connectivity index (χ3n) is 2.92. The molecule has 0 aliphatic carbocycles. The highest BCUT2D eigenvalue weighted by atomic mass is 32.2. The maximum absolute atomic E-state index is 12.0. The van der Waals surface area contributed by atoms with Crippen LogP contribution >= 0.6 is 0 Å². The fourth-order valence-electron chi connectivity index (χ4n) is 1.66. The highest BCUT2D eigenvalue weighted by Gasteiger charge is 2.21. The lowest BCUT2D eigenvalue weighted by Crippen LogP contribution is -2.39. The predicted molar refractivity (Wildman–Crippen MR) is 81.5 cm³/mol. The maximum atomic E-state index is 12.0. The Balaban J connectivity index is 2.75. The Bertz CT molecular complexity index is 714. The van der Waals surface area contributed by atoms with Crippen LogP contribution in [-0.4, -0.2) is 64.6 Å². The average molecular weight is 342 g/mol. The molecule has 0 fully saturated rings. The summed E-state index contributed by atoms with van der Waals surface area (Å²) in [6, 6.07) is 5.56. The van der Waals surface area contributed by atoms with Crippen molar-refractivity contribution in [2.75, 3.05) is 33.5 Å². The van der Waals surface area contributed by atoms with Crippen molar-refractivity contribution in [2.24, 2.45) is 0 Å². The van der Waals surface area contributed by atoms with Crippen LogP contribution in [0.4, 0.5) is 0 Å². The molecule has 1 aromatic rings. The fourth-order valence-corrected chi connectivity index (χ4v) is 2.53. The first-order chi connectivity index (χ1) is 10.7. The summed E-state index contributed by atoms with van der Waals surface area (Å²) >= 11 is 0. The van der Waals surface area contributed by atoms with Gasteiger partial charge < -0.3 is 15.0 Å². The molecule has 0 aliphatic rings. The zero-order chi connectivity index (χ0) is 17.6. The van der Waals surface area contributed by atoms with Gasteiger partial charge in [0, 0.05) is 20.4 Å². The van der Waals surface area contributed by atoms with Gasteiger partial charge in [-0.1, -0.05) is 12.1 Å². The van der Waals surface area contributed by atoms with E-state index in [0.29, 0.717) is 0 Å². The summed E-state index contributed by atoms with van der Waals surface area (Å²) in [5.74, 6) is -1.87. The SMILES string of the molecule is CNC(=O)CN(C)C(=O)COC(=O)c1ccccc1S(C)(=O)=O. The van der Waals surface area contributed by atoms with E-state index in [1.807, 2.05) is 0 Å². The van der Waals surface area contributed by atoms with E-state index in [1.165, 1.54) is 38.4 Å². The fraction of sp³-hybridized carbons (Fsp3) is 0.357. The largest absolute Gasteiger partial charge is 0.452 e. The first-order valence-corrected chi connectivity index (χ1v) is 8.46. The molecule has 0 bridgehead atoms. The van der Waals surface area contributed by atoms with Gasteiger partial charge >= 0.3 is 5.97 Å². The Morgan fingerprint density at radius 1 is 1.22 bits per heavy atom. The quantitative estimate of drug-likeness (QED) is 0.695. The second-order valence-corrected chi connectivity index (χ2v) is 6.75. The molecular weight excluding hydrogens is 324 g/mol. The maximum Gasteiger partial charge on any atom is 0.339 e. The summed E-state index contributed by atoms with van der Waals surface area (Å²) < 4.78 is 28.1. The van der Waals surface area contributed by atoms with E-state index in [2.05, 4.69) is 5.32 Å². The Kier molecular flexibility index (Phi) is 6.26. The number of carbonyl (C=O) groups is 3. The number of amides is 2. The molecule has 1 N–H and O–H groups in total. The third kappa shape index (κ3) is 5.37. The highest BCUT2D eigenvalue weighted by molar-refractivity contribution is 7.90. The van der Waals surface area contributed by atoms with Gasteiger partial charge in [0.2, 0.25) is 5.91 Å². The molecule has 0 heterocycles. The lowest BCUT2D eigenvalue weighted by atomic mass is 10.2. The van der Waals surface area contributed by atoms with Crippen molar-refractivity contribution in [1.82, 2.24) is 10.2 Å². The van der Waals surface area contributed by atoms with Crippen LogP contribution in [0, 0.1) is 0 Å². The number of likely N-dealkylation sites (N-methyl/N-ethyl adjacent to an activating group) is 2. The summed E-state index contributed by atoms with van der Waals surface area (Å²) in [4.78, 5) is 35.8. The summed E-state index contributed by atoms with van der Waals surface area (Å²) in [5, 5.41) is 2.36. The number of nitrogens with one attached hydrogen (secondary N) is 1. The average Bonchev–Trinajstić information content (AvgIpc) is 2.51. The lowest BCUT2D eigenvalue weighted by molar-refractivity contribution is -0.137. The zero-order valence-electron chi connectivity index (χ0n) is 13.0. The van der Waals surface area contributed by atoms with Crippen molar-refractivity contribution in [3.63, 3.8) is 0 Å². The van der Waals surface area contributed by atoms with Crippen LogP contribution in [0.3, 0.4) is 0 Å². The van der Waals surface area contributed by atoms with Gasteiger partial charge in [-0.05, 0) is 12.1 Å². The molecule has 0 aliphatic heterocycles. The van der Waals surface area contributed by atoms with Gasteiger partial charge in [-0.25, -0.2) is 13.2 Å². The first kappa shape index (κ1) is 18.6. The molecule has 0 aromatic heterocycles. The van der Waals surface area contributed by atoms with Crippen LogP contribution in [0.1, 0.15) is 10.4 Å². The number of benzene rings is 1. The molecule has 9 heteroatoms. The van der Waals surface area contributed by atoms with E-state index in [4.69, 9.17) is 4.74 Å². The molecule has 1 rings (SSSR count). The molecule has 0 atom stereocenters. The lowest BCUT2D eigenvalue weighted by Gasteiger charge is -2.16. The second-order valence-electron chi connectivity index (χ2n) is 4.77. The first-order valence-electron chi connectivity index (χ1n) is 6.57. The molecular formula is C14H18N2O6S. The van der Waals surface area contributed by atoms with E-state index in [-0.39, 0.29) is 22.9 Å². The third-order valence-corrected chi connectivity index (χ3v) is 4.07. The molecule has 0 radical (unpaired) electrons. The van der Waals surface area contributed by atoms with E-state index < -0.39 is 28.3 Å². The summed E-state index contributed by atoms with van der Waals surface area (Å²) in [5.41, 5.74) is -0.142.